The van der Waals surface area contributed by atoms with Crippen LogP contribution in [0.3, 0.4) is 0 Å². The fourth-order valence-corrected chi connectivity index (χ4v) is 2.22. The molecular formula is C12H19N2. The van der Waals surface area contributed by atoms with Crippen molar-refractivity contribution in [2.45, 2.75) is 52.4 Å². The van der Waals surface area contributed by atoms with Crippen LogP contribution < -0.4 is 0 Å². The lowest BCUT2D eigenvalue weighted by Gasteiger charge is -2.18. The van der Waals surface area contributed by atoms with E-state index >= 15 is 0 Å². The van der Waals surface area contributed by atoms with Crippen LogP contribution in [0.5, 0.6) is 0 Å². The summed E-state index contributed by atoms with van der Waals surface area (Å²) in [5.74, 6) is 2.71. The molecule has 1 heterocycles. The minimum atomic E-state index is 1.04. The van der Waals surface area contributed by atoms with Crippen molar-refractivity contribution in [2.75, 3.05) is 0 Å². The highest BCUT2D eigenvalue weighted by Crippen LogP contribution is 2.30. The van der Waals surface area contributed by atoms with Crippen molar-refractivity contribution in [3.8, 4) is 0 Å². The number of rotatable bonds is 2. The SMILES string of the molecule is CCc1nc([C]2CCCCC2)[nH]c1C. The molecule has 1 aromatic rings. The number of nitrogens with zero attached hydrogens (tertiary/aromatic N) is 1. The van der Waals surface area contributed by atoms with Crippen LogP contribution in [0.2, 0.25) is 0 Å². The van der Waals surface area contributed by atoms with Crippen LogP contribution in [0.15, 0.2) is 0 Å². The van der Waals surface area contributed by atoms with Crippen LogP contribution in [-0.2, 0) is 6.42 Å². The van der Waals surface area contributed by atoms with E-state index in [0.29, 0.717) is 0 Å². The lowest BCUT2D eigenvalue weighted by molar-refractivity contribution is 0.541. The van der Waals surface area contributed by atoms with Gasteiger partial charge in [0.25, 0.3) is 0 Å². The molecule has 14 heavy (non-hydrogen) atoms. The predicted octanol–water partition coefficient (Wildman–Crippen LogP) is 3.17. The maximum absolute atomic E-state index is 4.66. The number of aromatic amines is 1. The molecule has 1 aliphatic rings. The molecule has 0 spiro atoms. The second kappa shape index (κ2) is 4.16. The van der Waals surface area contributed by atoms with Gasteiger partial charge < -0.3 is 4.98 Å². The molecule has 1 aliphatic carbocycles. The van der Waals surface area contributed by atoms with Gasteiger partial charge >= 0.3 is 0 Å². The molecule has 0 saturated heterocycles. The number of nitrogens with one attached hydrogen (secondary N) is 1. The Morgan fingerprint density at radius 2 is 1.93 bits per heavy atom. The molecule has 1 fully saturated rings. The first-order chi connectivity index (χ1) is 6.81. The van der Waals surface area contributed by atoms with Gasteiger partial charge in [0.2, 0.25) is 0 Å². The van der Waals surface area contributed by atoms with Gasteiger partial charge in [-0.2, -0.15) is 0 Å². The van der Waals surface area contributed by atoms with Gasteiger partial charge in [-0.1, -0.05) is 26.2 Å². The summed E-state index contributed by atoms with van der Waals surface area (Å²) < 4.78 is 0. The van der Waals surface area contributed by atoms with E-state index in [9.17, 15) is 0 Å². The van der Waals surface area contributed by atoms with E-state index in [1.165, 1.54) is 49.3 Å². The molecule has 0 aliphatic heterocycles. The summed E-state index contributed by atoms with van der Waals surface area (Å²) in [6.07, 6.45) is 7.61. The normalized spacial score (nSPS) is 18.7. The van der Waals surface area contributed by atoms with Crippen molar-refractivity contribution in [1.82, 2.24) is 9.97 Å². The molecule has 1 saturated carbocycles. The highest BCUT2D eigenvalue weighted by molar-refractivity contribution is 5.23. The van der Waals surface area contributed by atoms with Gasteiger partial charge in [0, 0.05) is 11.6 Å². The van der Waals surface area contributed by atoms with E-state index in [-0.39, 0.29) is 0 Å². The van der Waals surface area contributed by atoms with Crippen LogP contribution in [0.4, 0.5) is 0 Å². The Labute approximate surface area is 86.1 Å². The molecule has 1 aromatic heterocycles. The zero-order chi connectivity index (χ0) is 9.97. The zero-order valence-electron chi connectivity index (χ0n) is 9.19. The molecule has 0 bridgehead atoms. The Morgan fingerprint density at radius 3 is 2.50 bits per heavy atom. The number of hydrogen-bond donors (Lipinski definition) is 1. The summed E-state index contributed by atoms with van der Waals surface area (Å²) in [7, 11) is 0. The van der Waals surface area contributed by atoms with Gasteiger partial charge in [0.1, 0.15) is 5.82 Å². The smallest absolute Gasteiger partial charge is 0.113 e. The zero-order valence-corrected chi connectivity index (χ0v) is 9.19. The molecule has 1 N–H and O–H groups in total. The van der Waals surface area contributed by atoms with Crippen molar-refractivity contribution in [3.05, 3.63) is 23.1 Å². The number of hydrogen-bond acceptors (Lipinski definition) is 1. The molecule has 0 amide bonds. The quantitative estimate of drug-likeness (QED) is 0.764. The Kier molecular flexibility index (Phi) is 2.90. The lowest BCUT2D eigenvalue weighted by Crippen LogP contribution is -2.07. The van der Waals surface area contributed by atoms with Gasteiger partial charge in [0.15, 0.2) is 0 Å². The Morgan fingerprint density at radius 1 is 1.21 bits per heavy atom. The van der Waals surface area contributed by atoms with Crippen LogP contribution in [0.25, 0.3) is 0 Å². The maximum atomic E-state index is 4.66. The summed E-state index contributed by atoms with van der Waals surface area (Å²) in [5, 5.41) is 0. The number of aryl methyl sites for hydroxylation is 2. The molecule has 2 heteroatoms. The van der Waals surface area contributed by atoms with Gasteiger partial charge in [-0.3, -0.25) is 0 Å². The summed E-state index contributed by atoms with van der Waals surface area (Å²) in [6.45, 7) is 4.29. The fourth-order valence-electron chi connectivity index (χ4n) is 2.22. The summed E-state index contributed by atoms with van der Waals surface area (Å²) in [4.78, 5) is 8.08. The van der Waals surface area contributed by atoms with E-state index in [4.69, 9.17) is 0 Å². The predicted molar refractivity (Wildman–Crippen MR) is 58.1 cm³/mol. The van der Waals surface area contributed by atoms with Crippen molar-refractivity contribution in [1.29, 1.82) is 0 Å². The van der Waals surface area contributed by atoms with Gasteiger partial charge in [-0.05, 0) is 26.2 Å². The minimum absolute atomic E-state index is 1.04. The third-order valence-corrected chi connectivity index (χ3v) is 3.11. The summed E-state index contributed by atoms with van der Waals surface area (Å²) >= 11 is 0. The molecule has 1 radical (unpaired) electrons. The summed E-state index contributed by atoms with van der Waals surface area (Å²) in [6, 6.07) is 0. The van der Waals surface area contributed by atoms with Crippen molar-refractivity contribution in [2.24, 2.45) is 0 Å². The summed E-state index contributed by atoms with van der Waals surface area (Å²) in [5.41, 5.74) is 2.48. The first kappa shape index (κ1) is 9.75. The molecule has 2 nitrogen and oxygen atoms in total. The second-order valence-electron chi connectivity index (χ2n) is 4.17. The fraction of sp³-hybridized carbons (Fsp3) is 0.667. The monoisotopic (exact) mass is 191 g/mol. The highest BCUT2D eigenvalue weighted by Gasteiger charge is 2.19. The largest absolute Gasteiger partial charge is 0.345 e. The number of H-pyrrole nitrogens is 1. The van der Waals surface area contributed by atoms with E-state index in [1.807, 2.05) is 0 Å². The molecule has 0 unspecified atom stereocenters. The third-order valence-electron chi connectivity index (χ3n) is 3.11. The molecule has 0 atom stereocenters. The Bertz CT molecular complexity index is 295. The third kappa shape index (κ3) is 1.84. The standard InChI is InChI=1S/C12H19N2/c1-3-11-9(2)13-12(14-11)10-7-5-4-6-8-10/h3-8H2,1-2H3,(H,13,14). The average Bonchev–Trinajstić information content (AvgIpc) is 2.61. The van der Waals surface area contributed by atoms with E-state index in [2.05, 4.69) is 23.8 Å². The average molecular weight is 191 g/mol. The second-order valence-corrected chi connectivity index (χ2v) is 4.17. The van der Waals surface area contributed by atoms with E-state index < -0.39 is 0 Å². The van der Waals surface area contributed by atoms with Crippen molar-refractivity contribution >= 4 is 0 Å². The minimum Gasteiger partial charge on any atom is -0.345 e. The van der Waals surface area contributed by atoms with Crippen molar-refractivity contribution in [3.63, 3.8) is 0 Å². The van der Waals surface area contributed by atoms with Gasteiger partial charge in [-0.25, -0.2) is 4.98 Å². The number of aromatic nitrogens is 2. The van der Waals surface area contributed by atoms with Crippen LogP contribution in [0.1, 0.15) is 56.2 Å². The van der Waals surface area contributed by atoms with Crippen LogP contribution in [-0.4, -0.2) is 9.97 Å². The molecule has 2 rings (SSSR count). The molecule has 77 valence electrons. The van der Waals surface area contributed by atoms with Crippen LogP contribution >= 0.6 is 0 Å². The van der Waals surface area contributed by atoms with Crippen molar-refractivity contribution < 1.29 is 0 Å². The van der Waals surface area contributed by atoms with E-state index in [0.717, 1.165) is 6.42 Å². The Balaban J connectivity index is 2.14. The highest BCUT2D eigenvalue weighted by atomic mass is 14.9. The number of imidazole rings is 1. The Hall–Kier alpha value is -0.790. The molecular weight excluding hydrogens is 172 g/mol. The first-order valence-electron chi connectivity index (χ1n) is 5.71. The topological polar surface area (TPSA) is 28.7 Å². The van der Waals surface area contributed by atoms with Crippen LogP contribution in [0, 0.1) is 12.8 Å². The van der Waals surface area contributed by atoms with E-state index in [1.54, 1.807) is 5.92 Å². The first-order valence-corrected chi connectivity index (χ1v) is 5.71. The molecule has 0 aromatic carbocycles. The maximum Gasteiger partial charge on any atom is 0.113 e. The van der Waals surface area contributed by atoms with Gasteiger partial charge in [-0.15, -0.1) is 0 Å². The lowest BCUT2D eigenvalue weighted by atomic mass is 9.89. The van der Waals surface area contributed by atoms with Gasteiger partial charge in [0.05, 0.1) is 5.69 Å².